The summed E-state index contributed by atoms with van der Waals surface area (Å²) >= 11 is 1.71. The molecule has 0 amide bonds. The van der Waals surface area contributed by atoms with Crippen LogP contribution in [-0.4, -0.2) is 14.8 Å². The van der Waals surface area contributed by atoms with Crippen molar-refractivity contribution < 1.29 is 4.42 Å². The SMILES string of the molecule is Cc1nn(-c2ccccc2)c2c1[C@@H](c1ccco1)C(c1nc3ccccc3s1)=C(c1ccccc1)N2. The molecule has 36 heavy (non-hydrogen) atoms. The predicted molar refractivity (Wildman–Crippen MR) is 145 cm³/mol. The van der Waals surface area contributed by atoms with Crippen LogP contribution in [0.5, 0.6) is 0 Å². The lowest BCUT2D eigenvalue weighted by Crippen LogP contribution is -2.19. The number of nitrogens with zero attached hydrogens (tertiary/aromatic N) is 3. The summed E-state index contributed by atoms with van der Waals surface area (Å²) in [7, 11) is 0. The van der Waals surface area contributed by atoms with Crippen LogP contribution in [-0.2, 0) is 0 Å². The molecular formula is C30H22N4OS. The molecule has 0 unspecified atom stereocenters. The maximum atomic E-state index is 6.09. The van der Waals surface area contributed by atoms with Crippen molar-refractivity contribution >= 4 is 38.6 Å². The number of hydrogen-bond acceptors (Lipinski definition) is 5. The number of aryl methyl sites for hydroxylation is 1. The maximum Gasteiger partial charge on any atom is 0.138 e. The summed E-state index contributed by atoms with van der Waals surface area (Å²) in [5.74, 6) is 1.66. The smallest absolute Gasteiger partial charge is 0.138 e. The fourth-order valence-corrected chi connectivity index (χ4v) is 6.07. The Labute approximate surface area is 212 Å². The van der Waals surface area contributed by atoms with Crippen LogP contribution >= 0.6 is 11.3 Å². The molecule has 6 aromatic rings. The summed E-state index contributed by atoms with van der Waals surface area (Å²) in [4.78, 5) is 5.09. The first-order valence-electron chi connectivity index (χ1n) is 11.9. The van der Waals surface area contributed by atoms with Crippen molar-refractivity contribution in [2.75, 3.05) is 5.32 Å². The molecule has 5 nitrogen and oxygen atoms in total. The quantitative estimate of drug-likeness (QED) is 0.280. The largest absolute Gasteiger partial charge is 0.468 e. The molecule has 0 bridgehead atoms. The number of anilines is 1. The lowest BCUT2D eigenvalue weighted by atomic mass is 9.83. The van der Waals surface area contributed by atoms with E-state index in [2.05, 4.69) is 72.9 Å². The second kappa shape index (κ2) is 8.36. The fraction of sp³-hybridized carbons (Fsp3) is 0.0667. The molecule has 7 rings (SSSR count). The molecule has 0 fully saturated rings. The fourth-order valence-electron chi connectivity index (χ4n) is 5.03. The molecule has 0 radical (unpaired) electrons. The third-order valence-corrected chi connectivity index (χ3v) is 7.68. The summed E-state index contributed by atoms with van der Waals surface area (Å²) in [6, 6.07) is 33.0. The average Bonchev–Trinajstić information content (AvgIpc) is 3.68. The highest BCUT2D eigenvalue weighted by Gasteiger charge is 2.38. The van der Waals surface area contributed by atoms with Gasteiger partial charge in [-0.1, -0.05) is 60.7 Å². The van der Waals surface area contributed by atoms with Crippen LogP contribution in [0, 0.1) is 6.92 Å². The van der Waals surface area contributed by atoms with Gasteiger partial charge in [0.1, 0.15) is 16.6 Å². The number of allylic oxidation sites excluding steroid dienone is 1. The molecule has 1 N–H and O–H groups in total. The molecule has 0 saturated heterocycles. The Morgan fingerprint density at radius 2 is 1.61 bits per heavy atom. The van der Waals surface area contributed by atoms with E-state index in [1.165, 1.54) is 0 Å². The second-order valence-electron chi connectivity index (χ2n) is 8.81. The molecule has 0 saturated carbocycles. The van der Waals surface area contributed by atoms with E-state index in [0.29, 0.717) is 0 Å². The molecule has 3 aromatic carbocycles. The van der Waals surface area contributed by atoms with E-state index in [0.717, 1.165) is 60.6 Å². The Bertz CT molecular complexity index is 1680. The van der Waals surface area contributed by atoms with Gasteiger partial charge in [-0.05, 0) is 48.9 Å². The van der Waals surface area contributed by atoms with Gasteiger partial charge < -0.3 is 9.73 Å². The highest BCUT2D eigenvalue weighted by molar-refractivity contribution is 7.19. The Balaban J connectivity index is 1.55. The number of rotatable bonds is 4. The lowest BCUT2D eigenvalue weighted by Gasteiger charge is -2.29. The van der Waals surface area contributed by atoms with Crippen molar-refractivity contribution in [1.82, 2.24) is 14.8 Å². The van der Waals surface area contributed by atoms with Crippen LogP contribution < -0.4 is 5.32 Å². The minimum absolute atomic E-state index is 0.163. The van der Waals surface area contributed by atoms with E-state index in [-0.39, 0.29) is 5.92 Å². The van der Waals surface area contributed by atoms with Gasteiger partial charge in [0.15, 0.2) is 0 Å². The highest BCUT2D eigenvalue weighted by Crippen LogP contribution is 2.51. The van der Waals surface area contributed by atoms with E-state index < -0.39 is 0 Å². The summed E-state index contributed by atoms with van der Waals surface area (Å²) in [5.41, 5.74) is 7.26. The zero-order chi connectivity index (χ0) is 24.1. The van der Waals surface area contributed by atoms with Crippen molar-refractivity contribution in [2.45, 2.75) is 12.8 Å². The van der Waals surface area contributed by atoms with E-state index in [9.17, 15) is 0 Å². The van der Waals surface area contributed by atoms with E-state index in [1.807, 2.05) is 41.1 Å². The van der Waals surface area contributed by atoms with E-state index >= 15 is 0 Å². The van der Waals surface area contributed by atoms with Gasteiger partial charge in [0.2, 0.25) is 0 Å². The van der Waals surface area contributed by atoms with E-state index in [1.54, 1.807) is 17.6 Å². The zero-order valence-corrected chi connectivity index (χ0v) is 20.4. The highest BCUT2D eigenvalue weighted by atomic mass is 32.1. The molecule has 3 aromatic heterocycles. The monoisotopic (exact) mass is 486 g/mol. The van der Waals surface area contributed by atoms with Crippen molar-refractivity contribution in [3.8, 4) is 5.69 Å². The molecule has 0 spiro atoms. The van der Waals surface area contributed by atoms with Gasteiger partial charge in [-0.25, -0.2) is 9.67 Å². The standard InChI is InChI=1S/C30H22N4OS/c1-19-25-26(23-16-10-18-35-23)27(30-31-22-15-8-9-17-24(22)36-30)28(20-11-4-2-5-12-20)32-29(25)34(33-19)21-13-6-3-7-14-21/h2-18,26,32H,1H3/t26-/m1/s1. The molecule has 1 aliphatic rings. The van der Waals surface area contributed by atoms with Gasteiger partial charge in [0, 0.05) is 11.1 Å². The predicted octanol–water partition coefficient (Wildman–Crippen LogP) is 7.51. The van der Waals surface area contributed by atoms with Gasteiger partial charge in [0.05, 0.1) is 39.5 Å². The second-order valence-corrected chi connectivity index (χ2v) is 9.84. The molecule has 1 aliphatic heterocycles. The lowest BCUT2D eigenvalue weighted by molar-refractivity contribution is 0.509. The van der Waals surface area contributed by atoms with Gasteiger partial charge in [-0.3, -0.25) is 0 Å². The van der Waals surface area contributed by atoms with Crippen molar-refractivity contribution in [3.63, 3.8) is 0 Å². The van der Waals surface area contributed by atoms with Crippen LogP contribution in [0.1, 0.15) is 33.5 Å². The van der Waals surface area contributed by atoms with Crippen molar-refractivity contribution in [2.24, 2.45) is 0 Å². The molecule has 0 aliphatic carbocycles. The number of aromatic nitrogens is 3. The minimum atomic E-state index is -0.163. The van der Waals surface area contributed by atoms with Crippen LogP contribution in [0.2, 0.25) is 0 Å². The molecule has 174 valence electrons. The number of para-hydroxylation sites is 2. The number of thiazole rings is 1. The van der Waals surface area contributed by atoms with Crippen LogP contribution in [0.25, 0.3) is 27.2 Å². The van der Waals surface area contributed by atoms with Gasteiger partial charge in [-0.15, -0.1) is 11.3 Å². The Morgan fingerprint density at radius 3 is 2.36 bits per heavy atom. The first-order chi connectivity index (χ1) is 17.8. The summed E-state index contributed by atoms with van der Waals surface area (Å²) in [6.07, 6.45) is 1.74. The number of furan rings is 1. The molecule has 6 heteroatoms. The van der Waals surface area contributed by atoms with Crippen molar-refractivity contribution in [1.29, 1.82) is 0 Å². The third-order valence-electron chi connectivity index (χ3n) is 6.61. The van der Waals surface area contributed by atoms with Gasteiger partial charge >= 0.3 is 0 Å². The summed E-state index contributed by atoms with van der Waals surface area (Å²) in [5, 5.41) is 9.76. The third kappa shape index (κ3) is 3.30. The Morgan fingerprint density at radius 1 is 0.861 bits per heavy atom. The summed E-state index contributed by atoms with van der Waals surface area (Å²) < 4.78 is 9.25. The molecule has 4 heterocycles. The normalized spacial score (nSPS) is 15.2. The van der Waals surface area contributed by atoms with Crippen LogP contribution in [0.4, 0.5) is 5.82 Å². The summed E-state index contributed by atoms with van der Waals surface area (Å²) in [6.45, 7) is 2.07. The van der Waals surface area contributed by atoms with Gasteiger partial charge in [0.25, 0.3) is 0 Å². The van der Waals surface area contributed by atoms with Crippen molar-refractivity contribution in [3.05, 3.63) is 131 Å². The first-order valence-corrected chi connectivity index (χ1v) is 12.7. The Hall–Kier alpha value is -4.42. The zero-order valence-electron chi connectivity index (χ0n) is 19.6. The first kappa shape index (κ1) is 20.9. The number of benzene rings is 3. The van der Waals surface area contributed by atoms with E-state index in [4.69, 9.17) is 14.5 Å². The topological polar surface area (TPSA) is 55.9 Å². The Kier molecular flexibility index (Phi) is 4.85. The average molecular weight is 487 g/mol. The number of fused-ring (bicyclic) bond motifs is 2. The molecular weight excluding hydrogens is 464 g/mol. The molecule has 1 atom stereocenters. The van der Waals surface area contributed by atoms with Crippen LogP contribution in [0.3, 0.4) is 0 Å². The van der Waals surface area contributed by atoms with Crippen LogP contribution in [0.15, 0.2) is 108 Å². The number of hydrogen-bond donors (Lipinski definition) is 1. The minimum Gasteiger partial charge on any atom is -0.468 e. The van der Waals surface area contributed by atoms with Gasteiger partial charge in [-0.2, -0.15) is 5.10 Å². The maximum absolute atomic E-state index is 6.09. The number of nitrogens with one attached hydrogen (secondary N) is 1.